The fraction of sp³-hybridized carbons (Fsp3) is 0.857. The van der Waals surface area contributed by atoms with Crippen LogP contribution in [0.5, 0.6) is 0 Å². The summed E-state index contributed by atoms with van der Waals surface area (Å²) in [5, 5.41) is 21.0. The number of nitrogens with one attached hydrogen (secondary N) is 1. The topological polar surface area (TPSA) is 78.8 Å². The molecular weight excluding hydrogens is 162 g/mol. The van der Waals surface area contributed by atoms with E-state index < -0.39 is 17.7 Å². The Morgan fingerprint density at radius 3 is 2.83 bits per heavy atom. The van der Waals surface area contributed by atoms with Gasteiger partial charge in [0.1, 0.15) is 6.10 Å². The van der Waals surface area contributed by atoms with E-state index in [-0.39, 0.29) is 0 Å². The first kappa shape index (κ1) is 9.44. The monoisotopic (exact) mass is 175 g/mol. The van der Waals surface area contributed by atoms with Crippen molar-refractivity contribution in [1.82, 2.24) is 5.32 Å². The van der Waals surface area contributed by atoms with E-state index >= 15 is 0 Å². The molecule has 1 aliphatic heterocycles. The zero-order valence-electron chi connectivity index (χ0n) is 6.91. The Kier molecular flexibility index (Phi) is 2.66. The van der Waals surface area contributed by atoms with E-state index in [4.69, 9.17) is 9.84 Å². The molecule has 1 heterocycles. The van der Waals surface area contributed by atoms with Gasteiger partial charge in [-0.1, -0.05) is 0 Å². The van der Waals surface area contributed by atoms with Gasteiger partial charge in [-0.15, -0.1) is 0 Å². The molecule has 3 N–H and O–H groups in total. The average molecular weight is 175 g/mol. The molecule has 1 aliphatic rings. The highest BCUT2D eigenvalue weighted by atomic mass is 16.5. The first-order valence-corrected chi connectivity index (χ1v) is 3.83. The number of hydrogen-bond acceptors (Lipinski definition) is 4. The molecule has 12 heavy (non-hydrogen) atoms. The van der Waals surface area contributed by atoms with Crippen molar-refractivity contribution in [3.8, 4) is 0 Å². The number of aliphatic hydroxyl groups is 1. The highest BCUT2D eigenvalue weighted by Gasteiger charge is 2.41. The third-order valence-corrected chi connectivity index (χ3v) is 1.99. The number of morpholine rings is 1. The Labute approximate surface area is 70.3 Å². The zero-order chi connectivity index (χ0) is 9.19. The van der Waals surface area contributed by atoms with Crippen LogP contribution in [0.25, 0.3) is 0 Å². The number of hydrogen-bond donors (Lipinski definition) is 3. The van der Waals surface area contributed by atoms with E-state index in [0.29, 0.717) is 19.7 Å². The third kappa shape index (κ3) is 1.74. The van der Waals surface area contributed by atoms with Crippen LogP contribution in [0.2, 0.25) is 0 Å². The Morgan fingerprint density at radius 1 is 1.75 bits per heavy atom. The Bertz CT molecular complexity index is 174. The maximum absolute atomic E-state index is 10.6. The summed E-state index contributed by atoms with van der Waals surface area (Å²) >= 11 is 0. The highest BCUT2D eigenvalue weighted by molar-refractivity contribution is 5.77. The molecule has 0 aromatic rings. The molecule has 0 amide bonds. The van der Waals surface area contributed by atoms with Gasteiger partial charge < -0.3 is 20.3 Å². The summed E-state index contributed by atoms with van der Waals surface area (Å²) in [6, 6.07) is 0. The number of rotatable bonds is 2. The van der Waals surface area contributed by atoms with Crippen LogP contribution in [0.1, 0.15) is 6.92 Å². The van der Waals surface area contributed by atoms with Crippen LogP contribution in [0.3, 0.4) is 0 Å². The van der Waals surface area contributed by atoms with Crippen molar-refractivity contribution in [3.05, 3.63) is 0 Å². The van der Waals surface area contributed by atoms with E-state index in [1.807, 2.05) is 0 Å². The number of carboxylic acids is 1. The molecule has 70 valence electrons. The highest BCUT2D eigenvalue weighted by Crippen LogP contribution is 2.14. The molecule has 0 bridgehead atoms. The van der Waals surface area contributed by atoms with Gasteiger partial charge in [-0.05, 0) is 6.92 Å². The minimum absolute atomic E-state index is 0.374. The van der Waals surface area contributed by atoms with Crippen LogP contribution in [-0.2, 0) is 9.53 Å². The second kappa shape index (κ2) is 3.38. The second-order valence-corrected chi connectivity index (χ2v) is 3.02. The van der Waals surface area contributed by atoms with Crippen molar-refractivity contribution in [2.45, 2.75) is 18.6 Å². The molecule has 1 fully saturated rings. The van der Waals surface area contributed by atoms with Gasteiger partial charge >= 0.3 is 5.97 Å². The minimum atomic E-state index is -1.80. The van der Waals surface area contributed by atoms with Gasteiger partial charge in [0.15, 0.2) is 5.60 Å². The first-order chi connectivity index (χ1) is 5.55. The SMILES string of the molecule is CC(O)(C(=O)O)C1CNCCO1. The molecule has 2 atom stereocenters. The summed E-state index contributed by atoms with van der Waals surface area (Å²) in [6.45, 7) is 2.76. The van der Waals surface area contributed by atoms with Gasteiger partial charge in [-0.25, -0.2) is 4.79 Å². The summed E-state index contributed by atoms with van der Waals surface area (Å²) < 4.78 is 5.11. The van der Waals surface area contributed by atoms with Gasteiger partial charge in [0.25, 0.3) is 0 Å². The molecular formula is C7H13NO4. The lowest BCUT2D eigenvalue weighted by molar-refractivity contribution is -0.175. The van der Waals surface area contributed by atoms with Crippen molar-refractivity contribution >= 4 is 5.97 Å². The standard InChI is InChI=1S/C7H13NO4/c1-7(11,6(9)10)5-4-8-2-3-12-5/h5,8,11H,2-4H2,1H3,(H,9,10). The largest absolute Gasteiger partial charge is 0.479 e. The van der Waals surface area contributed by atoms with Crippen molar-refractivity contribution in [2.24, 2.45) is 0 Å². The third-order valence-electron chi connectivity index (χ3n) is 1.99. The van der Waals surface area contributed by atoms with E-state index in [9.17, 15) is 9.90 Å². The molecule has 1 saturated heterocycles. The summed E-state index contributed by atoms with van der Waals surface area (Å²) in [6.07, 6.45) is -0.663. The normalized spacial score (nSPS) is 29.3. The maximum atomic E-state index is 10.6. The molecule has 0 radical (unpaired) electrons. The lowest BCUT2D eigenvalue weighted by Gasteiger charge is -2.32. The lowest BCUT2D eigenvalue weighted by Crippen LogP contribution is -2.55. The van der Waals surface area contributed by atoms with E-state index in [1.54, 1.807) is 0 Å². The Hall–Kier alpha value is -0.650. The van der Waals surface area contributed by atoms with Crippen LogP contribution >= 0.6 is 0 Å². The van der Waals surface area contributed by atoms with Crippen LogP contribution in [-0.4, -0.2) is 47.6 Å². The van der Waals surface area contributed by atoms with E-state index in [1.165, 1.54) is 6.92 Å². The fourth-order valence-electron chi connectivity index (χ4n) is 1.06. The molecule has 0 aliphatic carbocycles. The van der Waals surface area contributed by atoms with Crippen molar-refractivity contribution in [1.29, 1.82) is 0 Å². The predicted molar refractivity (Wildman–Crippen MR) is 40.9 cm³/mol. The smallest absolute Gasteiger partial charge is 0.338 e. The van der Waals surface area contributed by atoms with Gasteiger partial charge in [-0.2, -0.15) is 0 Å². The van der Waals surface area contributed by atoms with Gasteiger partial charge in [0.2, 0.25) is 0 Å². The molecule has 0 aromatic carbocycles. The summed E-state index contributed by atoms with van der Waals surface area (Å²) in [4.78, 5) is 10.6. The molecule has 0 aromatic heterocycles. The summed E-state index contributed by atoms with van der Waals surface area (Å²) in [5.41, 5.74) is -1.80. The fourth-order valence-corrected chi connectivity index (χ4v) is 1.06. The molecule has 5 heteroatoms. The van der Waals surface area contributed by atoms with E-state index in [0.717, 1.165) is 0 Å². The van der Waals surface area contributed by atoms with Gasteiger partial charge in [-0.3, -0.25) is 0 Å². The maximum Gasteiger partial charge on any atom is 0.338 e. The molecule has 0 spiro atoms. The minimum Gasteiger partial charge on any atom is -0.479 e. The average Bonchev–Trinajstić information content (AvgIpc) is 2.06. The number of aliphatic carboxylic acids is 1. The second-order valence-electron chi connectivity index (χ2n) is 3.02. The Balaban J connectivity index is 2.59. The van der Waals surface area contributed by atoms with Crippen LogP contribution in [0.15, 0.2) is 0 Å². The van der Waals surface area contributed by atoms with Crippen LogP contribution < -0.4 is 5.32 Å². The molecule has 2 unspecified atom stereocenters. The quantitative estimate of drug-likeness (QED) is 0.492. The van der Waals surface area contributed by atoms with E-state index in [2.05, 4.69) is 5.32 Å². The van der Waals surface area contributed by atoms with Gasteiger partial charge in [0, 0.05) is 13.1 Å². The van der Waals surface area contributed by atoms with Crippen molar-refractivity contribution in [2.75, 3.05) is 19.7 Å². The van der Waals surface area contributed by atoms with Crippen LogP contribution in [0.4, 0.5) is 0 Å². The first-order valence-electron chi connectivity index (χ1n) is 3.83. The molecule has 1 rings (SSSR count). The van der Waals surface area contributed by atoms with Crippen LogP contribution in [0, 0.1) is 0 Å². The van der Waals surface area contributed by atoms with Crippen molar-refractivity contribution in [3.63, 3.8) is 0 Å². The molecule has 5 nitrogen and oxygen atoms in total. The molecule has 0 saturated carbocycles. The lowest BCUT2D eigenvalue weighted by atomic mass is 9.98. The number of ether oxygens (including phenoxy) is 1. The zero-order valence-corrected chi connectivity index (χ0v) is 6.91. The van der Waals surface area contributed by atoms with Gasteiger partial charge in [0.05, 0.1) is 6.61 Å². The van der Waals surface area contributed by atoms with Crippen molar-refractivity contribution < 1.29 is 19.7 Å². The predicted octanol–water partition coefficient (Wildman–Crippen LogP) is -1.19. The summed E-state index contributed by atoms with van der Waals surface area (Å²) in [7, 11) is 0. The Morgan fingerprint density at radius 2 is 2.42 bits per heavy atom. The summed E-state index contributed by atoms with van der Waals surface area (Å²) in [5.74, 6) is -1.25. The number of carbonyl (C=O) groups is 1. The number of carboxylic acid groups (broad SMARTS) is 1.